The summed E-state index contributed by atoms with van der Waals surface area (Å²) >= 11 is 1.45. The van der Waals surface area contributed by atoms with Gasteiger partial charge in [0.2, 0.25) is 0 Å². The van der Waals surface area contributed by atoms with Gasteiger partial charge in [0.15, 0.2) is 0 Å². The Morgan fingerprint density at radius 2 is 2.20 bits per heavy atom. The third kappa shape index (κ3) is 1.68. The number of carboxylic acids is 1. The molecule has 78 valence electrons. The number of rotatable bonds is 2. The number of hydrogen-bond acceptors (Lipinski definition) is 3. The Hall–Kier alpha value is -1.55. The van der Waals surface area contributed by atoms with Gasteiger partial charge in [-0.15, -0.1) is 11.3 Å². The monoisotopic (exact) mass is 222 g/mol. The minimum atomic E-state index is -0.831. The van der Waals surface area contributed by atoms with Crippen LogP contribution >= 0.6 is 11.3 Å². The summed E-state index contributed by atoms with van der Waals surface area (Å²) in [5.74, 6) is -1.13. The largest absolute Gasteiger partial charge is 0.508 e. The molecule has 3 nitrogen and oxygen atoms in total. The average Bonchev–Trinajstić information content (AvgIpc) is 2.59. The molecule has 1 aromatic heterocycles. The van der Waals surface area contributed by atoms with Crippen LogP contribution in [0.1, 0.15) is 18.4 Å². The third-order valence-corrected chi connectivity index (χ3v) is 3.39. The predicted octanol–water partition coefficient (Wildman–Crippen LogP) is 2.80. The fourth-order valence-corrected chi connectivity index (χ4v) is 2.59. The van der Waals surface area contributed by atoms with Crippen LogP contribution in [0.15, 0.2) is 23.6 Å². The molecular formula is C11H10O3S. The molecule has 1 heterocycles. The maximum absolute atomic E-state index is 10.9. The Morgan fingerprint density at radius 3 is 2.87 bits per heavy atom. The van der Waals surface area contributed by atoms with Crippen LogP contribution in [0.3, 0.4) is 0 Å². The summed E-state index contributed by atoms with van der Waals surface area (Å²) in [5.41, 5.74) is 0.808. The van der Waals surface area contributed by atoms with Gasteiger partial charge in [0, 0.05) is 4.70 Å². The number of carboxylic acid groups (broad SMARTS) is 1. The zero-order valence-corrected chi connectivity index (χ0v) is 8.91. The van der Waals surface area contributed by atoms with Crippen molar-refractivity contribution in [2.75, 3.05) is 0 Å². The van der Waals surface area contributed by atoms with Gasteiger partial charge in [-0.25, -0.2) is 0 Å². The molecule has 1 unspecified atom stereocenters. The molecule has 0 radical (unpaired) electrons. The Morgan fingerprint density at radius 1 is 1.47 bits per heavy atom. The van der Waals surface area contributed by atoms with Gasteiger partial charge in [-0.1, -0.05) is 0 Å². The molecule has 0 fully saturated rings. The molecule has 2 rings (SSSR count). The molecule has 0 saturated heterocycles. The summed E-state index contributed by atoms with van der Waals surface area (Å²) in [5, 5.41) is 20.9. The van der Waals surface area contributed by atoms with E-state index in [4.69, 9.17) is 5.11 Å². The molecule has 0 bridgehead atoms. The molecule has 2 N–H and O–H groups in total. The fourth-order valence-electron chi connectivity index (χ4n) is 1.51. The number of phenols is 1. The van der Waals surface area contributed by atoms with Crippen molar-refractivity contribution < 1.29 is 15.0 Å². The molecule has 0 amide bonds. The number of hydrogen-bond donors (Lipinski definition) is 2. The molecule has 0 aliphatic rings. The summed E-state index contributed by atoms with van der Waals surface area (Å²) in [4.78, 5) is 10.9. The number of aromatic hydroxyl groups is 1. The molecule has 1 atom stereocenters. The van der Waals surface area contributed by atoms with E-state index in [9.17, 15) is 9.90 Å². The quantitative estimate of drug-likeness (QED) is 0.821. The lowest BCUT2D eigenvalue weighted by Crippen LogP contribution is -2.06. The van der Waals surface area contributed by atoms with Gasteiger partial charge in [-0.3, -0.25) is 4.79 Å². The molecule has 1 aromatic carbocycles. The maximum atomic E-state index is 10.9. The molecule has 15 heavy (non-hydrogen) atoms. The van der Waals surface area contributed by atoms with Gasteiger partial charge >= 0.3 is 5.97 Å². The van der Waals surface area contributed by atoms with Crippen LogP contribution in [-0.2, 0) is 4.79 Å². The Balaban J connectivity index is 2.59. The van der Waals surface area contributed by atoms with Crippen molar-refractivity contribution >= 4 is 27.4 Å². The highest BCUT2D eigenvalue weighted by Crippen LogP contribution is 2.33. The first-order chi connectivity index (χ1) is 7.09. The topological polar surface area (TPSA) is 57.5 Å². The van der Waals surface area contributed by atoms with E-state index in [1.54, 1.807) is 25.1 Å². The molecule has 0 aliphatic heterocycles. The van der Waals surface area contributed by atoms with E-state index in [1.165, 1.54) is 11.3 Å². The minimum Gasteiger partial charge on any atom is -0.508 e. The summed E-state index contributed by atoms with van der Waals surface area (Å²) in [6, 6.07) is 4.99. The lowest BCUT2D eigenvalue weighted by Gasteiger charge is -2.04. The van der Waals surface area contributed by atoms with Crippen molar-refractivity contribution in [2.45, 2.75) is 12.8 Å². The highest BCUT2D eigenvalue weighted by molar-refractivity contribution is 7.17. The number of thiophene rings is 1. The predicted molar refractivity (Wildman–Crippen MR) is 59.5 cm³/mol. The van der Waals surface area contributed by atoms with E-state index in [0.717, 1.165) is 15.6 Å². The van der Waals surface area contributed by atoms with Crippen molar-refractivity contribution in [1.29, 1.82) is 0 Å². The number of aliphatic carboxylic acids is 1. The lowest BCUT2D eigenvalue weighted by atomic mass is 10.0. The lowest BCUT2D eigenvalue weighted by molar-refractivity contribution is -0.138. The first-order valence-corrected chi connectivity index (χ1v) is 5.40. The molecule has 2 aromatic rings. The van der Waals surface area contributed by atoms with E-state index in [0.29, 0.717) is 0 Å². The number of benzene rings is 1. The van der Waals surface area contributed by atoms with Gasteiger partial charge in [0.05, 0.1) is 5.92 Å². The van der Waals surface area contributed by atoms with Crippen LogP contribution in [0, 0.1) is 0 Å². The van der Waals surface area contributed by atoms with Crippen LogP contribution in [-0.4, -0.2) is 16.2 Å². The van der Waals surface area contributed by atoms with Crippen LogP contribution < -0.4 is 0 Å². The van der Waals surface area contributed by atoms with Crippen molar-refractivity contribution in [3.63, 3.8) is 0 Å². The highest BCUT2D eigenvalue weighted by atomic mass is 32.1. The minimum absolute atomic E-state index is 0.207. The maximum Gasteiger partial charge on any atom is 0.310 e. The standard InChI is InChI=1S/C11H10O3S/c1-6(11(13)14)9-5-15-10-4-7(12)2-3-8(9)10/h2-6,12H,1H3,(H,13,14). The van der Waals surface area contributed by atoms with Gasteiger partial charge in [-0.2, -0.15) is 0 Å². The fraction of sp³-hybridized carbons (Fsp3) is 0.182. The SMILES string of the molecule is CC(C(=O)O)c1csc2cc(O)ccc12. The van der Waals surface area contributed by atoms with Gasteiger partial charge < -0.3 is 10.2 Å². The number of fused-ring (bicyclic) bond motifs is 1. The molecule has 4 heteroatoms. The average molecular weight is 222 g/mol. The zero-order valence-electron chi connectivity index (χ0n) is 8.10. The second kappa shape index (κ2) is 3.55. The van der Waals surface area contributed by atoms with Crippen molar-refractivity contribution in [3.05, 3.63) is 29.1 Å². The zero-order chi connectivity index (χ0) is 11.0. The third-order valence-electron chi connectivity index (χ3n) is 2.43. The van der Waals surface area contributed by atoms with Crippen LogP contribution in [0.5, 0.6) is 5.75 Å². The van der Waals surface area contributed by atoms with Crippen LogP contribution in [0.2, 0.25) is 0 Å². The van der Waals surface area contributed by atoms with Gasteiger partial charge in [-0.05, 0) is 41.5 Å². The summed E-state index contributed by atoms with van der Waals surface area (Å²) < 4.78 is 0.915. The summed E-state index contributed by atoms with van der Waals surface area (Å²) in [7, 11) is 0. The Kier molecular flexibility index (Phi) is 2.36. The normalized spacial score (nSPS) is 12.9. The van der Waals surface area contributed by atoms with E-state index < -0.39 is 11.9 Å². The van der Waals surface area contributed by atoms with Crippen molar-refractivity contribution in [2.24, 2.45) is 0 Å². The van der Waals surface area contributed by atoms with E-state index in [2.05, 4.69) is 0 Å². The van der Waals surface area contributed by atoms with E-state index in [-0.39, 0.29) is 5.75 Å². The number of carbonyl (C=O) groups is 1. The smallest absolute Gasteiger partial charge is 0.310 e. The van der Waals surface area contributed by atoms with E-state index >= 15 is 0 Å². The second-order valence-corrected chi connectivity index (χ2v) is 4.34. The van der Waals surface area contributed by atoms with Crippen LogP contribution in [0.4, 0.5) is 0 Å². The summed E-state index contributed by atoms with van der Waals surface area (Å²) in [6.45, 7) is 1.66. The Bertz CT molecular complexity index is 516. The van der Waals surface area contributed by atoms with Crippen molar-refractivity contribution in [3.8, 4) is 5.75 Å². The second-order valence-electron chi connectivity index (χ2n) is 3.43. The summed E-state index contributed by atoms with van der Waals surface area (Å²) in [6.07, 6.45) is 0. The first-order valence-electron chi connectivity index (χ1n) is 4.52. The van der Waals surface area contributed by atoms with E-state index in [1.807, 2.05) is 5.38 Å². The van der Waals surface area contributed by atoms with Crippen LogP contribution in [0.25, 0.3) is 10.1 Å². The first kappa shape index (κ1) is 9.98. The Labute approximate surface area is 90.6 Å². The molecule has 0 saturated carbocycles. The number of phenolic OH excluding ortho intramolecular Hbond substituents is 1. The molecule has 0 aliphatic carbocycles. The van der Waals surface area contributed by atoms with Crippen molar-refractivity contribution in [1.82, 2.24) is 0 Å². The highest BCUT2D eigenvalue weighted by Gasteiger charge is 2.17. The van der Waals surface area contributed by atoms with Gasteiger partial charge in [0.1, 0.15) is 5.75 Å². The van der Waals surface area contributed by atoms with Gasteiger partial charge in [0.25, 0.3) is 0 Å². The molecule has 0 spiro atoms. The molecular weight excluding hydrogens is 212 g/mol.